The van der Waals surface area contributed by atoms with Crippen molar-refractivity contribution in [1.82, 2.24) is 5.32 Å². The van der Waals surface area contributed by atoms with Crippen molar-refractivity contribution in [1.29, 1.82) is 0 Å². The van der Waals surface area contributed by atoms with Crippen molar-refractivity contribution in [3.63, 3.8) is 0 Å². The fourth-order valence-electron chi connectivity index (χ4n) is 1.73. The molecule has 0 aliphatic rings. The van der Waals surface area contributed by atoms with Gasteiger partial charge in [-0.05, 0) is 44.4 Å². The third-order valence-corrected chi connectivity index (χ3v) is 4.61. The Morgan fingerprint density at radius 3 is 2.67 bits per heavy atom. The summed E-state index contributed by atoms with van der Waals surface area (Å²) in [5.74, 6) is -0.000833. The Kier molecular flexibility index (Phi) is 5.86. The first-order chi connectivity index (χ1) is 8.43. The molecule has 0 heterocycles. The van der Waals surface area contributed by atoms with E-state index >= 15 is 0 Å². The molecule has 0 saturated carbocycles. The average molecular weight is 377 g/mol. The fourth-order valence-corrected chi connectivity index (χ4v) is 2.97. The fraction of sp³-hybridized carbons (Fsp3) is 0.500. The second-order valence-corrected chi connectivity index (χ2v) is 6.37. The summed E-state index contributed by atoms with van der Waals surface area (Å²) in [5, 5.41) is 4.02. The van der Waals surface area contributed by atoms with Crippen molar-refractivity contribution in [3.8, 4) is 0 Å². The van der Waals surface area contributed by atoms with Gasteiger partial charge < -0.3 is 5.32 Å². The summed E-state index contributed by atoms with van der Waals surface area (Å²) in [4.78, 5) is 12.3. The van der Waals surface area contributed by atoms with Crippen molar-refractivity contribution in [2.75, 3.05) is 5.33 Å². The van der Waals surface area contributed by atoms with E-state index in [2.05, 4.69) is 51.0 Å². The van der Waals surface area contributed by atoms with E-state index in [9.17, 15) is 4.79 Å². The minimum atomic E-state index is -0.157. The van der Waals surface area contributed by atoms with Gasteiger partial charge in [-0.25, -0.2) is 0 Å². The van der Waals surface area contributed by atoms with E-state index in [0.717, 1.165) is 33.8 Å². The maximum absolute atomic E-state index is 12.3. The van der Waals surface area contributed by atoms with Crippen LogP contribution in [0.5, 0.6) is 0 Å². The van der Waals surface area contributed by atoms with Gasteiger partial charge in [-0.3, -0.25) is 4.79 Å². The van der Waals surface area contributed by atoms with E-state index in [0.29, 0.717) is 0 Å². The van der Waals surface area contributed by atoms with Gasteiger partial charge in [-0.2, -0.15) is 0 Å². The molecule has 1 atom stereocenters. The van der Waals surface area contributed by atoms with Crippen LogP contribution in [0.1, 0.15) is 42.6 Å². The van der Waals surface area contributed by atoms with Crippen molar-refractivity contribution < 1.29 is 4.79 Å². The van der Waals surface area contributed by atoms with Crippen LogP contribution < -0.4 is 5.32 Å². The molecule has 1 amide bonds. The largest absolute Gasteiger partial charge is 0.347 e. The molecule has 0 spiro atoms. The predicted molar refractivity (Wildman–Crippen MR) is 83.5 cm³/mol. The number of benzene rings is 1. The van der Waals surface area contributed by atoms with Crippen LogP contribution in [0.3, 0.4) is 0 Å². The molecule has 1 rings (SSSR count). The molecule has 0 fully saturated rings. The zero-order valence-corrected chi connectivity index (χ0v) is 14.2. The summed E-state index contributed by atoms with van der Waals surface area (Å²) in [6.07, 6.45) is 1.83. The summed E-state index contributed by atoms with van der Waals surface area (Å²) in [7, 11) is 0. The van der Waals surface area contributed by atoms with Crippen LogP contribution in [0.15, 0.2) is 22.7 Å². The molecule has 18 heavy (non-hydrogen) atoms. The Bertz CT molecular complexity index is 434. The standard InChI is InChI=1S/C14H19Br2NO/c1-4-14(3,8-9-15)17-13(18)11-6-5-7-12(16)10(11)2/h5-7H,4,8-9H2,1-3H3,(H,17,18). The normalized spacial score (nSPS) is 14.1. The van der Waals surface area contributed by atoms with E-state index in [1.54, 1.807) is 0 Å². The number of amides is 1. The first-order valence-electron chi connectivity index (χ1n) is 6.07. The number of carbonyl (C=O) groups is 1. The lowest BCUT2D eigenvalue weighted by molar-refractivity contribution is 0.0901. The monoisotopic (exact) mass is 375 g/mol. The van der Waals surface area contributed by atoms with E-state index < -0.39 is 0 Å². The summed E-state index contributed by atoms with van der Waals surface area (Å²) in [6, 6.07) is 5.70. The molecule has 1 unspecified atom stereocenters. The third kappa shape index (κ3) is 3.82. The van der Waals surface area contributed by atoms with Crippen molar-refractivity contribution in [2.45, 2.75) is 39.2 Å². The first kappa shape index (κ1) is 15.7. The molecule has 0 aliphatic carbocycles. The lowest BCUT2D eigenvalue weighted by atomic mass is 9.94. The Morgan fingerprint density at radius 1 is 1.44 bits per heavy atom. The zero-order chi connectivity index (χ0) is 13.8. The van der Waals surface area contributed by atoms with Crippen LogP contribution in [-0.4, -0.2) is 16.8 Å². The van der Waals surface area contributed by atoms with Crippen molar-refractivity contribution >= 4 is 37.8 Å². The van der Waals surface area contributed by atoms with Crippen LogP contribution in [0.4, 0.5) is 0 Å². The lowest BCUT2D eigenvalue weighted by Gasteiger charge is -2.29. The maximum Gasteiger partial charge on any atom is 0.252 e. The summed E-state index contributed by atoms with van der Waals surface area (Å²) >= 11 is 6.89. The van der Waals surface area contributed by atoms with E-state index in [-0.39, 0.29) is 11.4 Å². The van der Waals surface area contributed by atoms with E-state index in [4.69, 9.17) is 0 Å². The lowest BCUT2D eigenvalue weighted by Crippen LogP contribution is -2.46. The molecular formula is C14H19Br2NO. The van der Waals surface area contributed by atoms with Gasteiger partial charge in [0.25, 0.3) is 5.91 Å². The molecule has 0 aromatic heterocycles. The van der Waals surface area contributed by atoms with Gasteiger partial charge in [0, 0.05) is 20.9 Å². The van der Waals surface area contributed by atoms with E-state index in [1.807, 2.05) is 25.1 Å². The zero-order valence-electron chi connectivity index (χ0n) is 11.0. The highest BCUT2D eigenvalue weighted by atomic mass is 79.9. The molecule has 1 aromatic carbocycles. The summed E-state index contributed by atoms with van der Waals surface area (Å²) in [5.41, 5.74) is 1.56. The first-order valence-corrected chi connectivity index (χ1v) is 7.98. The van der Waals surface area contributed by atoms with Crippen LogP contribution in [0, 0.1) is 6.92 Å². The van der Waals surface area contributed by atoms with Gasteiger partial charge in [0.05, 0.1) is 0 Å². The summed E-state index contributed by atoms with van der Waals surface area (Å²) < 4.78 is 0.967. The topological polar surface area (TPSA) is 29.1 Å². The minimum Gasteiger partial charge on any atom is -0.347 e. The van der Waals surface area contributed by atoms with Crippen molar-refractivity contribution in [3.05, 3.63) is 33.8 Å². The van der Waals surface area contributed by atoms with E-state index in [1.165, 1.54) is 0 Å². The van der Waals surface area contributed by atoms with Gasteiger partial charge >= 0.3 is 0 Å². The molecule has 2 nitrogen and oxygen atoms in total. The Morgan fingerprint density at radius 2 is 2.11 bits per heavy atom. The number of hydrogen-bond acceptors (Lipinski definition) is 1. The molecule has 0 saturated heterocycles. The molecule has 4 heteroatoms. The van der Waals surface area contributed by atoms with Crippen LogP contribution in [-0.2, 0) is 0 Å². The molecular weight excluding hydrogens is 358 g/mol. The average Bonchev–Trinajstić information content (AvgIpc) is 2.32. The van der Waals surface area contributed by atoms with Gasteiger partial charge in [-0.15, -0.1) is 0 Å². The molecule has 0 aliphatic heterocycles. The Hall–Kier alpha value is -0.350. The van der Waals surface area contributed by atoms with Crippen molar-refractivity contribution in [2.24, 2.45) is 0 Å². The molecule has 0 radical (unpaired) electrons. The number of alkyl halides is 1. The Balaban J connectivity index is 2.91. The highest BCUT2D eigenvalue weighted by Crippen LogP contribution is 2.21. The van der Waals surface area contributed by atoms with Crippen LogP contribution in [0.2, 0.25) is 0 Å². The highest BCUT2D eigenvalue weighted by molar-refractivity contribution is 9.10. The quantitative estimate of drug-likeness (QED) is 0.756. The summed E-state index contributed by atoms with van der Waals surface area (Å²) in [6.45, 7) is 6.13. The highest BCUT2D eigenvalue weighted by Gasteiger charge is 2.24. The third-order valence-electron chi connectivity index (χ3n) is 3.35. The molecule has 0 bridgehead atoms. The molecule has 100 valence electrons. The number of nitrogens with one attached hydrogen (secondary N) is 1. The number of rotatable bonds is 5. The second-order valence-electron chi connectivity index (χ2n) is 4.72. The van der Waals surface area contributed by atoms with Crippen LogP contribution >= 0.6 is 31.9 Å². The van der Waals surface area contributed by atoms with Gasteiger partial charge in [0.15, 0.2) is 0 Å². The number of carbonyl (C=O) groups excluding carboxylic acids is 1. The molecule has 1 aromatic rings. The Labute approximate surface area is 126 Å². The smallest absolute Gasteiger partial charge is 0.252 e. The van der Waals surface area contributed by atoms with Crippen LogP contribution in [0.25, 0.3) is 0 Å². The minimum absolute atomic E-state index is 0.000833. The van der Waals surface area contributed by atoms with Gasteiger partial charge in [0.2, 0.25) is 0 Å². The maximum atomic E-state index is 12.3. The SMILES string of the molecule is CCC(C)(CCBr)NC(=O)c1cccc(Br)c1C. The van der Waals surface area contributed by atoms with Gasteiger partial charge in [-0.1, -0.05) is 44.8 Å². The molecule has 1 N–H and O–H groups in total. The van der Waals surface area contributed by atoms with Gasteiger partial charge in [0.1, 0.15) is 0 Å². The number of hydrogen-bond donors (Lipinski definition) is 1. The second kappa shape index (κ2) is 6.71. The number of halogens is 2. The predicted octanol–water partition coefficient (Wildman–Crippen LogP) is 4.44.